The van der Waals surface area contributed by atoms with E-state index in [2.05, 4.69) is 6.58 Å². The first kappa shape index (κ1) is 10.2. The van der Waals surface area contributed by atoms with Crippen LogP contribution in [0.15, 0.2) is 12.2 Å². The van der Waals surface area contributed by atoms with Crippen LogP contribution in [0.5, 0.6) is 0 Å². The van der Waals surface area contributed by atoms with Gasteiger partial charge in [0.2, 0.25) is 0 Å². The van der Waals surface area contributed by atoms with Crippen molar-refractivity contribution in [3.05, 3.63) is 12.2 Å². The molecule has 11 heavy (non-hydrogen) atoms. The number of carbonyl (C=O) groups excluding carboxylic acids is 1. The average Bonchev–Trinajstić information content (AvgIpc) is 1.99. The van der Waals surface area contributed by atoms with Crippen molar-refractivity contribution in [2.45, 2.75) is 26.4 Å². The lowest BCUT2D eigenvalue weighted by molar-refractivity contribution is -0.147. The Balaban J connectivity index is 3.81. The predicted molar refractivity (Wildman–Crippen MR) is 40.5 cm³/mol. The Kier molecular flexibility index (Phi) is 4.54. The standard InChI is InChI=1S/C8H13O3/c1-4-7(5-9)11-8(10)6(2)3/h7H,2,4-5H2,1,3H3. The van der Waals surface area contributed by atoms with Crippen LogP contribution in [0.4, 0.5) is 0 Å². The van der Waals surface area contributed by atoms with E-state index in [0.29, 0.717) is 12.0 Å². The Hall–Kier alpha value is -0.830. The van der Waals surface area contributed by atoms with E-state index in [9.17, 15) is 9.90 Å². The van der Waals surface area contributed by atoms with Crippen LogP contribution in [0.3, 0.4) is 0 Å². The van der Waals surface area contributed by atoms with Gasteiger partial charge in [-0.3, -0.25) is 0 Å². The van der Waals surface area contributed by atoms with Gasteiger partial charge in [-0.1, -0.05) is 13.5 Å². The van der Waals surface area contributed by atoms with E-state index < -0.39 is 12.1 Å². The van der Waals surface area contributed by atoms with Crippen molar-refractivity contribution in [2.24, 2.45) is 0 Å². The van der Waals surface area contributed by atoms with Gasteiger partial charge in [0.05, 0.1) is 0 Å². The minimum absolute atomic E-state index is 0.330. The Labute approximate surface area is 66.7 Å². The van der Waals surface area contributed by atoms with Gasteiger partial charge in [-0.2, -0.15) is 0 Å². The fraction of sp³-hybridized carbons (Fsp3) is 0.625. The zero-order valence-electron chi connectivity index (χ0n) is 6.92. The fourth-order valence-electron chi connectivity index (χ4n) is 0.487. The summed E-state index contributed by atoms with van der Waals surface area (Å²) in [5.74, 6) is -0.479. The Bertz CT molecular complexity index is 147. The highest BCUT2D eigenvalue weighted by molar-refractivity contribution is 5.87. The van der Waals surface area contributed by atoms with Crippen LogP contribution < -0.4 is 0 Å². The predicted octanol–water partition coefficient (Wildman–Crippen LogP) is 1.31. The van der Waals surface area contributed by atoms with E-state index in [0.717, 1.165) is 0 Å². The van der Waals surface area contributed by atoms with Gasteiger partial charge in [0.25, 0.3) is 0 Å². The number of ether oxygens (including phenoxy) is 1. The maximum absolute atomic E-state index is 10.8. The largest absolute Gasteiger partial charge is 0.456 e. The molecule has 0 N–H and O–H groups in total. The molecule has 0 bridgehead atoms. The van der Waals surface area contributed by atoms with Crippen LogP contribution in [0.2, 0.25) is 0 Å². The van der Waals surface area contributed by atoms with Crippen LogP contribution in [-0.2, 0) is 14.6 Å². The van der Waals surface area contributed by atoms with Crippen LogP contribution in [-0.4, -0.2) is 18.7 Å². The molecule has 0 aromatic heterocycles. The van der Waals surface area contributed by atoms with Crippen molar-refractivity contribution in [3.8, 4) is 0 Å². The van der Waals surface area contributed by atoms with Crippen LogP contribution in [0, 0.1) is 0 Å². The molecule has 0 aromatic rings. The highest BCUT2D eigenvalue weighted by Gasteiger charge is 2.11. The summed E-state index contributed by atoms with van der Waals surface area (Å²) in [6, 6.07) is 0. The molecule has 0 fully saturated rings. The molecule has 0 heterocycles. The minimum atomic E-state index is -0.501. The molecule has 0 aromatic carbocycles. The summed E-state index contributed by atoms with van der Waals surface area (Å²) >= 11 is 0. The number of esters is 1. The molecular weight excluding hydrogens is 144 g/mol. The van der Waals surface area contributed by atoms with Crippen molar-refractivity contribution < 1.29 is 14.6 Å². The third-order valence-electron chi connectivity index (χ3n) is 1.26. The summed E-state index contributed by atoms with van der Waals surface area (Å²) in [6.45, 7) is 6.38. The molecule has 0 rings (SSSR count). The zero-order valence-corrected chi connectivity index (χ0v) is 6.92. The van der Waals surface area contributed by atoms with Gasteiger partial charge in [0.15, 0.2) is 0 Å². The summed E-state index contributed by atoms with van der Waals surface area (Å²) in [6.07, 6.45) is 0.0573. The van der Waals surface area contributed by atoms with E-state index in [1.165, 1.54) is 0 Å². The van der Waals surface area contributed by atoms with Crippen molar-refractivity contribution >= 4 is 5.97 Å². The molecule has 63 valence electrons. The number of hydrogen-bond acceptors (Lipinski definition) is 2. The number of rotatable bonds is 4. The Morgan fingerprint density at radius 2 is 2.18 bits per heavy atom. The van der Waals surface area contributed by atoms with E-state index in [4.69, 9.17) is 4.74 Å². The smallest absolute Gasteiger partial charge is 0.333 e. The first-order chi connectivity index (χ1) is 5.11. The van der Waals surface area contributed by atoms with Gasteiger partial charge in [-0.05, 0) is 13.3 Å². The van der Waals surface area contributed by atoms with Crippen molar-refractivity contribution in [3.63, 3.8) is 0 Å². The molecule has 3 nitrogen and oxygen atoms in total. The van der Waals surface area contributed by atoms with Crippen molar-refractivity contribution in [1.82, 2.24) is 0 Å². The molecule has 1 atom stereocenters. The quantitative estimate of drug-likeness (QED) is 0.456. The van der Waals surface area contributed by atoms with E-state index in [1.807, 2.05) is 0 Å². The molecule has 0 spiro atoms. The maximum atomic E-state index is 10.8. The molecule has 0 saturated heterocycles. The van der Waals surface area contributed by atoms with Crippen LogP contribution in [0.1, 0.15) is 20.3 Å². The second kappa shape index (κ2) is 4.91. The second-order valence-corrected chi connectivity index (χ2v) is 2.38. The fourth-order valence-corrected chi connectivity index (χ4v) is 0.487. The molecule has 0 amide bonds. The van der Waals surface area contributed by atoms with Crippen LogP contribution >= 0.6 is 0 Å². The molecule has 3 heteroatoms. The summed E-state index contributed by atoms with van der Waals surface area (Å²) in [7, 11) is 0. The maximum Gasteiger partial charge on any atom is 0.333 e. The monoisotopic (exact) mass is 157 g/mol. The molecule has 1 unspecified atom stereocenters. The van der Waals surface area contributed by atoms with Gasteiger partial charge >= 0.3 is 5.97 Å². The van der Waals surface area contributed by atoms with E-state index in [1.54, 1.807) is 13.8 Å². The highest BCUT2D eigenvalue weighted by Crippen LogP contribution is 2.01. The molecule has 0 saturated carbocycles. The molecule has 0 aliphatic heterocycles. The lowest BCUT2D eigenvalue weighted by Crippen LogP contribution is -2.20. The third kappa shape index (κ3) is 3.78. The first-order valence-electron chi connectivity index (χ1n) is 3.56. The lowest BCUT2D eigenvalue weighted by atomic mass is 10.3. The number of hydrogen-bond donors (Lipinski definition) is 0. The SMILES string of the molecule is C=C(C)C(=O)OC(CC)C[O]. The Morgan fingerprint density at radius 3 is 2.45 bits per heavy atom. The van der Waals surface area contributed by atoms with Gasteiger partial charge in [0, 0.05) is 5.57 Å². The minimum Gasteiger partial charge on any atom is -0.456 e. The molecule has 1 radical (unpaired) electrons. The van der Waals surface area contributed by atoms with Crippen molar-refractivity contribution in [1.29, 1.82) is 0 Å². The highest BCUT2D eigenvalue weighted by atomic mass is 16.6. The first-order valence-corrected chi connectivity index (χ1v) is 3.56. The summed E-state index contributed by atoms with van der Waals surface area (Å²) in [4.78, 5) is 10.8. The third-order valence-corrected chi connectivity index (χ3v) is 1.26. The zero-order chi connectivity index (χ0) is 8.85. The van der Waals surface area contributed by atoms with Gasteiger partial charge in [-0.15, -0.1) is 0 Å². The topological polar surface area (TPSA) is 46.2 Å². The number of carbonyl (C=O) groups is 1. The van der Waals surface area contributed by atoms with Crippen molar-refractivity contribution in [2.75, 3.05) is 6.61 Å². The summed E-state index contributed by atoms with van der Waals surface area (Å²) < 4.78 is 4.76. The normalized spacial score (nSPS) is 12.3. The summed E-state index contributed by atoms with van der Waals surface area (Å²) in [5.41, 5.74) is 0.330. The lowest BCUT2D eigenvalue weighted by Gasteiger charge is -2.11. The molecular formula is C8H13O3. The van der Waals surface area contributed by atoms with Gasteiger partial charge in [-0.25, -0.2) is 9.90 Å². The molecule has 0 aliphatic rings. The second-order valence-electron chi connectivity index (χ2n) is 2.38. The van der Waals surface area contributed by atoms with E-state index in [-0.39, 0.29) is 6.61 Å². The average molecular weight is 157 g/mol. The summed E-state index contributed by atoms with van der Waals surface area (Å²) in [5, 5.41) is 10.3. The van der Waals surface area contributed by atoms with Gasteiger partial charge < -0.3 is 4.74 Å². The Morgan fingerprint density at radius 1 is 1.64 bits per heavy atom. The van der Waals surface area contributed by atoms with Gasteiger partial charge in [0.1, 0.15) is 12.7 Å². The molecule has 0 aliphatic carbocycles. The van der Waals surface area contributed by atoms with E-state index >= 15 is 0 Å². The van der Waals surface area contributed by atoms with Crippen LogP contribution in [0.25, 0.3) is 0 Å².